The van der Waals surface area contributed by atoms with Crippen molar-refractivity contribution in [2.75, 3.05) is 0 Å². The van der Waals surface area contributed by atoms with Gasteiger partial charge in [-0.1, -0.05) is 28.1 Å². The number of H-pyrrole nitrogens is 1. The van der Waals surface area contributed by atoms with Crippen LogP contribution < -0.4 is 4.72 Å². The van der Waals surface area contributed by atoms with Gasteiger partial charge in [0.05, 0.1) is 11.4 Å². The number of hydrogen-bond acceptors (Lipinski definition) is 4. The molecule has 6 nitrogen and oxygen atoms in total. The van der Waals surface area contributed by atoms with Gasteiger partial charge in [-0.05, 0) is 17.7 Å². The first-order chi connectivity index (χ1) is 8.62. The molecule has 0 spiro atoms. The molecular weight excluding hydrogens is 320 g/mol. The second-order valence-electron chi connectivity index (χ2n) is 3.53. The molecule has 18 heavy (non-hydrogen) atoms. The summed E-state index contributed by atoms with van der Waals surface area (Å²) in [5, 5.41) is 6.92. The van der Waals surface area contributed by atoms with E-state index in [1.807, 2.05) is 0 Å². The van der Waals surface area contributed by atoms with Gasteiger partial charge in [0.15, 0.2) is 0 Å². The topological polar surface area (TPSA) is 87.7 Å². The van der Waals surface area contributed by atoms with Gasteiger partial charge in [0.1, 0.15) is 12.2 Å². The predicted octanol–water partition coefficient (Wildman–Crippen LogP) is 1.18. The monoisotopic (exact) mass is 330 g/mol. The molecule has 0 saturated carbocycles. The maximum absolute atomic E-state index is 11.9. The standard InChI is InChI=1S/C10H11BrN4O2S/c11-5-8-1-3-9(4-2-8)18(16,17)14-6-10-12-7-13-15-10/h1-4,7,14H,5-6H2,(H,12,13,15). The van der Waals surface area contributed by atoms with Gasteiger partial charge in [-0.15, -0.1) is 0 Å². The quantitative estimate of drug-likeness (QED) is 0.806. The summed E-state index contributed by atoms with van der Waals surface area (Å²) in [6.45, 7) is 0.0858. The number of alkyl halides is 1. The lowest BCUT2D eigenvalue weighted by Gasteiger charge is -2.05. The van der Waals surface area contributed by atoms with Crippen molar-refractivity contribution >= 4 is 26.0 Å². The number of hydrogen-bond donors (Lipinski definition) is 2. The van der Waals surface area contributed by atoms with Crippen LogP contribution in [0.25, 0.3) is 0 Å². The zero-order chi connectivity index (χ0) is 13.0. The van der Waals surface area contributed by atoms with Crippen LogP contribution in [0.4, 0.5) is 0 Å². The fraction of sp³-hybridized carbons (Fsp3) is 0.200. The van der Waals surface area contributed by atoms with E-state index >= 15 is 0 Å². The van der Waals surface area contributed by atoms with Crippen molar-refractivity contribution in [2.24, 2.45) is 0 Å². The summed E-state index contributed by atoms with van der Waals surface area (Å²) in [6, 6.07) is 6.66. The molecule has 2 rings (SSSR count). The molecule has 0 aliphatic rings. The van der Waals surface area contributed by atoms with Gasteiger partial charge >= 0.3 is 0 Å². The Morgan fingerprint density at radius 2 is 2.00 bits per heavy atom. The SMILES string of the molecule is O=S(=O)(NCc1ncn[nH]1)c1ccc(CBr)cc1. The third-order valence-electron chi connectivity index (χ3n) is 2.28. The van der Waals surface area contributed by atoms with Crippen molar-refractivity contribution in [1.29, 1.82) is 0 Å². The number of nitrogens with one attached hydrogen (secondary N) is 2. The van der Waals surface area contributed by atoms with E-state index in [4.69, 9.17) is 0 Å². The molecule has 0 atom stereocenters. The van der Waals surface area contributed by atoms with E-state index in [1.165, 1.54) is 6.33 Å². The number of halogens is 1. The Balaban J connectivity index is 2.09. The van der Waals surface area contributed by atoms with Crippen molar-refractivity contribution in [3.05, 3.63) is 42.0 Å². The van der Waals surface area contributed by atoms with Gasteiger partial charge in [0.25, 0.3) is 0 Å². The molecule has 0 aliphatic heterocycles. The first kappa shape index (κ1) is 13.2. The van der Waals surface area contributed by atoms with Crippen LogP contribution >= 0.6 is 15.9 Å². The third-order valence-corrected chi connectivity index (χ3v) is 4.35. The second-order valence-corrected chi connectivity index (χ2v) is 5.86. The molecule has 0 bridgehead atoms. The fourth-order valence-electron chi connectivity index (χ4n) is 1.32. The Labute approximate surface area is 113 Å². The van der Waals surface area contributed by atoms with Crippen molar-refractivity contribution < 1.29 is 8.42 Å². The second kappa shape index (κ2) is 5.59. The number of aromatic nitrogens is 3. The summed E-state index contributed by atoms with van der Waals surface area (Å²) in [4.78, 5) is 4.07. The molecule has 2 N–H and O–H groups in total. The van der Waals surface area contributed by atoms with E-state index in [1.54, 1.807) is 24.3 Å². The van der Waals surface area contributed by atoms with Gasteiger partial charge in [-0.25, -0.2) is 18.1 Å². The molecule has 2 aromatic rings. The van der Waals surface area contributed by atoms with Crippen LogP contribution in [-0.2, 0) is 21.9 Å². The number of sulfonamides is 1. The van der Waals surface area contributed by atoms with Crippen molar-refractivity contribution in [2.45, 2.75) is 16.8 Å². The highest BCUT2D eigenvalue weighted by Gasteiger charge is 2.13. The van der Waals surface area contributed by atoms with Crippen LogP contribution in [0.1, 0.15) is 11.4 Å². The predicted molar refractivity (Wildman–Crippen MR) is 69.5 cm³/mol. The molecule has 1 heterocycles. The van der Waals surface area contributed by atoms with Gasteiger partial charge < -0.3 is 0 Å². The number of rotatable bonds is 5. The average Bonchev–Trinajstić information content (AvgIpc) is 2.90. The van der Waals surface area contributed by atoms with Gasteiger partial charge in [0.2, 0.25) is 10.0 Å². The largest absolute Gasteiger partial charge is 0.262 e. The van der Waals surface area contributed by atoms with Crippen LogP contribution in [0.3, 0.4) is 0 Å². The average molecular weight is 331 g/mol. The van der Waals surface area contributed by atoms with Crippen molar-refractivity contribution in [1.82, 2.24) is 19.9 Å². The minimum Gasteiger partial charge on any atom is -0.262 e. The van der Waals surface area contributed by atoms with E-state index in [2.05, 4.69) is 35.8 Å². The minimum atomic E-state index is -3.51. The Morgan fingerprint density at radius 1 is 1.28 bits per heavy atom. The Bertz CT molecular complexity index is 595. The highest BCUT2D eigenvalue weighted by Crippen LogP contribution is 2.12. The summed E-state index contributed by atoms with van der Waals surface area (Å²) in [5.74, 6) is 0.468. The lowest BCUT2D eigenvalue weighted by Crippen LogP contribution is -2.23. The highest BCUT2D eigenvalue weighted by atomic mass is 79.9. The first-order valence-corrected chi connectivity index (χ1v) is 7.71. The summed E-state index contributed by atoms with van der Waals surface area (Å²) in [7, 11) is -3.51. The Morgan fingerprint density at radius 3 is 2.56 bits per heavy atom. The van der Waals surface area contributed by atoms with Crippen LogP contribution in [0.2, 0.25) is 0 Å². The van der Waals surface area contributed by atoms with Gasteiger partial charge in [-0.2, -0.15) is 5.10 Å². The van der Waals surface area contributed by atoms with Crippen molar-refractivity contribution in [3.8, 4) is 0 Å². The third kappa shape index (κ3) is 3.15. The zero-order valence-corrected chi connectivity index (χ0v) is 11.7. The van der Waals surface area contributed by atoms with Gasteiger partial charge in [-0.3, -0.25) is 5.10 Å². The summed E-state index contributed by atoms with van der Waals surface area (Å²) >= 11 is 3.30. The van der Waals surface area contributed by atoms with Crippen molar-refractivity contribution in [3.63, 3.8) is 0 Å². The van der Waals surface area contributed by atoms with E-state index in [9.17, 15) is 8.42 Å². The summed E-state index contributed by atoms with van der Waals surface area (Å²) in [5.41, 5.74) is 1.02. The molecule has 96 valence electrons. The molecule has 0 saturated heterocycles. The van der Waals surface area contributed by atoms with Crippen LogP contribution in [-0.4, -0.2) is 23.6 Å². The van der Waals surface area contributed by atoms with Crippen LogP contribution in [0.5, 0.6) is 0 Å². The molecule has 8 heteroatoms. The first-order valence-electron chi connectivity index (χ1n) is 5.10. The fourth-order valence-corrected chi connectivity index (χ4v) is 2.68. The number of nitrogens with zero attached hydrogens (tertiary/aromatic N) is 2. The maximum atomic E-state index is 11.9. The Hall–Kier alpha value is -1.25. The summed E-state index contributed by atoms with van der Waals surface area (Å²) < 4.78 is 26.3. The minimum absolute atomic E-state index is 0.0858. The van der Waals surface area contributed by atoms with E-state index < -0.39 is 10.0 Å². The van der Waals surface area contributed by atoms with Crippen LogP contribution in [0.15, 0.2) is 35.5 Å². The molecule has 1 aromatic carbocycles. The Kier molecular flexibility index (Phi) is 4.10. The number of aromatic amines is 1. The maximum Gasteiger partial charge on any atom is 0.240 e. The van der Waals surface area contributed by atoms with E-state index in [0.29, 0.717) is 11.2 Å². The molecule has 0 fully saturated rings. The highest BCUT2D eigenvalue weighted by molar-refractivity contribution is 9.08. The molecule has 0 amide bonds. The van der Waals surface area contributed by atoms with E-state index in [-0.39, 0.29) is 11.4 Å². The number of benzene rings is 1. The zero-order valence-electron chi connectivity index (χ0n) is 9.30. The summed E-state index contributed by atoms with van der Waals surface area (Å²) in [6.07, 6.45) is 1.33. The molecule has 1 aromatic heterocycles. The smallest absolute Gasteiger partial charge is 0.240 e. The normalized spacial score (nSPS) is 11.6. The molecule has 0 radical (unpaired) electrons. The lowest BCUT2D eigenvalue weighted by molar-refractivity contribution is 0.579. The van der Waals surface area contributed by atoms with Crippen LogP contribution in [0, 0.1) is 0 Å². The van der Waals surface area contributed by atoms with E-state index in [0.717, 1.165) is 5.56 Å². The lowest BCUT2D eigenvalue weighted by atomic mass is 10.2. The molecular formula is C10H11BrN4O2S. The van der Waals surface area contributed by atoms with Gasteiger partial charge in [0, 0.05) is 5.33 Å². The molecule has 0 unspecified atom stereocenters. The molecule has 0 aliphatic carbocycles.